The summed E-state index contributed by atoms with van der Waals surface area (Å²) in [5, 5.41) is 0. The first kappa shape index (κ1) is 26.1. The van der Waals surface area contributed by atoms with E-state index in [1.165, 1.54) is 0 Å². The summed E-state index contributed by atoms with van der Waals surface area (Å²) in [5.41, 5.74) is 0. The molecule has 0 saturated heterocycles. The van der Waals surface area contributed by atoms with Crippen molar-refractivity contribution in [1.29, 1.82) is 0 Å². The van der Waals surface area contributed by atoms with Crippen molar-refractivity contribution in [3.05, 3.63) is 0 Å². The molecule has 0 aromatic rings. The van der Waals surface area contributed by atoms with Crippen LogP contribution in [0.3, 0.4) is 0 Å². The van der Waals surface area contributed by atoms with Gasteiger partial charge in [0.15, 0.2) is 25.0 Å². The van der Waals surface area contributed by atoms with Gasteiger partial charge in [-0.2, -0.15) is 0 Å². The van der Waals surface area contributed by atoms with Gasteiger partial charge in [0, 0.05) is 25.8 Å². The first-order valence-corrected chi connectivity index (χ1v) is 15.5. The molecule has 16 heavy (non-hydrogen) atoms. The fraction of sp³-hybridized carbons (Fsp3) is 1.00. The van der Waals surface area contributed by atoms with Crippen LogP contribution in [0.15, 0.2) is 0 Å². The third-order valence-electron chi connectivity index (χ3n) is 0. The second-order valence-electron chi connectivity index (χ2n) is 6.51. The topological polar surface area (TPSA) is 60.7 Å². The van der Waals surface area contributed by atoms with Crippen molar-refractivity contribution in [1.82, 2.24) is 0 Å². The molecule has 3 N–H and O–H groups in total. The molecule has 0 bridgehead atoms. The van der Waals surface area contributed by atoms with E-state index in [1.54, 1.807) is 0 Å². The third-order valence-corrected chi connectivity index (χ3v) is 0. The number of rotatable bonds is 0. The van der Waals surface area contributed by atoms with E-state index in [4.69, 9.17) is 14.4 Å². The Hall–Kier alpha value is 1.40. The minimum absolute atomic E-state index is 0. The Morgan fingerprint density at radius 2 is 0.438 bits per heavy atom. The maximum absolute atomic E-state index is 8.66. The van der Waals surface area contributed by atoms with E-state index in [1.807, 2.05) is 58.9 Å². The smallest absolute Gasteiger partial charge is 0.179 e. The van der Waals surface area contributed by atoms with E-state index in [2.05, 4.69) is 0 Å². The number of hydrogen-bond acceptors (Lipinski definition) is 3. The predicted octanol–water partition coefficient (Wildman–Crippen LogP) is 2.44. The van der Waals surface area contributed by atoms with Gasteiger partial charge in [-0.25, -0.2) is 0 Å². The Kier molecular flexibility index (Phi) is 16.8. The van der Waals surface area contributed by atoms with Gasteiger partial charge < -0.3 is 14.4 Å². The van der Waals surface area contributed by atoms with Crippen molar-refractivity contribution in [3.63, 3.8) is 0 Å². The van der Waals surface area contributed by atoms with Gasteiger partial charge in [-0.1, -0.05) is 0 Å². The summed E-state index contributed by atoms with van der Waals surface area (Å²) in [7, 11) is -4.83. The molecule has 7 heteroatoms. The van der Waals surface area contributed by atoms with Gasteiger partial charge in [0.05, 0.1) is 0 Å². The molecular weight excluding hydrogens is 285 g/mol. The van der Waals surface area contributed by atoms with Crippen LogP contribution >= 0.6 is 0 Å². The van der Waals surface area contributed by atoms with Crippen LogP contribution in [-0.4, -0.2) is 39.3 Å². The van der Waals surface area contributed by atoms with Crippen LogP contribution in [0.2, 0.25) is 58.9 Å². The van der Waals surface area contributed by atoms with Crippen molar-refractivity contribution < 1.29 is 40.2 Å². The van der Waals surface area contributed by atoms with Crippen LogP contribution in [0.5, 0.6) is 0 Å². The molecule has 0 aliphatic heterocycles. The zero-order valence-corrected chi connectivity index (χ0v) is 17.2. The largest absolute Gasteiger partial charge is 0.433 e. The number of hydrogen-bond donors (Lipinski definition) is 3. The van der Waals surface area contributed by atoms with E-state index >= 15 is 0 Å². The maximum atomic E-state index is 8.66. The van der Waals surface area contributed by atoms with Gasteiger partial charge in [-0.15, -0.1) is 0 Å². The summed E-state index contributed by atoms with van der Waals surface area (Å²) < 4.78 is 0. The first-order chi connectivity index (χ1) is 6.00. The van der Waals surface area contributed by atoms with Crippen LogP contribution in [-0.2, 0) is 25.8 Å². The van der Waals surface area contributed by atoms with Crippen molar-refractivity contribution >= 4 is 25.0 Å². The molecule has 0 saturated carbocycles. The second-order valence-corrected chi connectivity index (χ2v) is 19.5. The normalized spacial score (nSPS) is 11.2. The fourth-order valence-electron chi connectivity index (χ4n) is 0. The van der Waals surface area contributed by atoms with Crippen LogP contribution in [0, 0.1) is 0 Å². The van der Waals surface area contributed by atoms with Gasteiger partial charge in [0.2, 0.25) is 0 Å². The quantitative estimate of drug-likeness (QED) is 0.602. The summed E-state index contributed by atoms with van der Waals surface area (Å²) in [6, 6.07) is 0. The molecule has 3 nitrogen and oxygen atoms in total. The molecule has 99 valence electrons. The Morgan fingerprint density at radius 1 is 0.438 bits per heavy atom. The third kappa shape index (κ3) is 1630. The molecule has 0 rings (SSSR count). The molecule has 0 amide bonds. The molecule has 0 aromatic carbocycles. The molecule has 0 aromatic heterocycles. The van der Waals surface area contributed by atoms with Crippen molar-refractivity contribution in [2.24, 2.45) is 0 Å². The molecule has 0 aliphatic carbocycles. The second kappa shape index (κ2) is 10.3. The Morgan fingerprint density at radius 3 is 0.438 bits per heavy atom. The average Bonchev–Trinajstić information content (AvgIpc) is 1.41. The Balaban J connectivity index is -0.0000000655. The molecule has 0 spiro atoms. The van der Waals surface area contributed by atoms with Gasteiger partial charge in [0.25, 0.3) is 0 Å². The van der Waals surface area contributed by atoms with Crippen molar-refractivity contribution in [3.8, 4) is 0 Å². The molecule has 0 unspecified atom stereocenters. The van der Waals surface area contributed by atoms with Crippen LogP contribution in [0.25, 0.3) is 0 Å². The van der Waals surface area contributed by atoms with Crippen LogP contribution < -0.4 is 0 Å². The van der Waals surface area contributed by atoms with E-state index in [0.717, 1.165) is 0 Å². The molecule has 0 aliphatic rings. The van der Waals surface area contributed by atoms with E-state index in [-0.39, 0.29) is 25.8 Å². The van der Waals surface area contributed by atoms with Crippen LogP contribution in [0.1, 0.15) is 0 Å². The SMILES string of the molecule is C[Si](C)(C)O.C[Si](C)(C)O.C[Si](C)(C)O.[Sc]. The summed E-state index contributed by atoms with van der Waals surface area (Å²) >= 11 is 0. The first-order valence-electron chi connectivity index (χ1n) is 5.17. The zero-order chi connectivity index (χ0) is 13.5. The minimum Gasteiger partial charge on any atom is -0.433 e. The van der Waals surface area contributed by atoms with Gasteiger partial charge >= 0.3 is 0 Å². The Labute approximate surface area is 123 Å². The minimum atomic E-state index is -1.61. The predicted molar refractivity (Wildman–Crippen MR) is 76.7 cm³/mol. The molecule has 1 radical (unpaired) electrons. The summed E-state index contributed by atoms with van der Waals surface area (Å²) in [6.07, 6.45) is 0. The fourth-order valence-corrected chi connectivity index (χ4v) is 0. The monoisotopic (exact) mass is 315 g/mol. The molecular formula is C9H30O3ScSi3. The van der Waals surface area contributed by atoms with E-state index < -0.39 is 25.0 Å². The van der Waals surface area contributed by atoms with Gasteiger partial charge in [0.1, 0.15) is 0 Å². The van der Waals surface area contributed by atoms with E-state index in [9.17, 15) is 0 Å². The van der Waals surface area contributed by atoms with E-state index in [0.29, 0.717) is 0 Å². The van der Waals surface area contributed by atoms with Crippen LogP contribution in [0.4, 0.5) is 0 Å². The van der Waals surface area contributed by atoms with Crippen molar-refractivity contribution in [2.75, 3.05) is 0 Å². The summed E-state index contributed by atoms with van der Waals surface area (Å²) in [4.78, 5) is 26.0. The molecule has 0 atom stereocenters. The summed E-state index contributed by atoms with van der Waals surface area (Å²) in [6.45, 7) is 16.9. The van der Waals surface area contributed by atoms with Gasteiger partial charge in [-0.05, 0) is 58.9 Å². The molecule has 0 heterocycles. The zero-order valence-electron chi connectivity index (χ0n) is 12.4. The summed E-state index contributed by atoms with van der Waals surface area (Å²) in [5.74, 6) is 0. The maximum Gasteiger partial charge on any atom is 0.179 e. The average molecular weight is 316 g/mol. The molecule has 0 fully saturated rings. The Bertz CT molecular complexity index is 101. The van der Waals surface area contributed by atoms with Crippen molar-refractivity contribution in [2.45, 2.75) is 58.9 Å². The standard InChI is InChI=1S/3C3H10OSi.Sc/c3*1-5(2,3)4;/h3*4H,1-3H3;. The van der Waals surface area contributed by atoms with Gasteiger partial charge in [-0.3, -0.25) is 0 Å².